The maximum absolute atomic E-state index is 11.9. The van der Waals surface area contributed by atoms with Gasteiger partial charge in [-0.25, -0.2) is 4.39 Å². The summed E-state index contributed by atoms with van der Waals surface area (Å²) in [5, 5.41) is 0. The molecule has 0 aromatic rings. The van der Waals surface area contributed by atoms with Gasteiger partial charge in [-0.2, -0.15) is 0 Å². The summed E-state index contributed by atoms with van der Waals surface area (Å²) in [5.74, 6) is 0. The average molecular weight is 146 g/mol. The number of rotatable bonds is 3. The fraction of sp³-hybridized carbons (Fsp3) is 1.00. The smallest absolute Gasteiger partial charge is 0.102 e. The third-order valence-corrected chi connectivity index (χ3v) is 2.14. The standard InChI is InChI=1S/C7H15FN2/c8-3-5-10-4-1-2-7(10)6-9/h7H,1-6,9H2/t7-/m0/s1. The van der Waals surface area contributed by atoms with Gasteiger partial charge in [0.1, 0.15) is 6.67 Å². The van der Waals surface area contributed by atoms with Crippen LogP contribution in [0.3, 0.4) is 0 Å². The Balaban J connectivity index is 2.27. The Hall–Kier alpha value is -0.150. The molecule has 2 N–H and O–H groups in total. The molecular weight excluding hydrogens is 131 g/mol. The molecule has 0 radical (unpaired) electrons. The van der Waals surface area contributed by atoms with E-state index in [9.17, 15) is 4.39 Å². The first-order valence-electron chi connectivity index (χ1n) is 3.88. The van der Waals surface area contributed by atoms with E-state index in [1.165, 1.54) is 6.42 Å². The zero-order chi connectivity index (χ0) is 7.40. The van der Waals surface area contributed by atoms with E-state index in [0.29, 0.717) is 19.1 Å². The van der Waals surface area contributed by atoms with Crippen molar-refractivity contribution in [1.82, 2.24) is 4.90 Å². The van der Waals surface area contributed by atoms with Gasteiger partial charge >= 0.3 is 0 Å². The van der Waals surface area contributed by atoms with Gasteiger partial charge in [0.05, 0.1) is 0 Å². The summed E-state index contributed by atoms with van der Waals surface area (Å²) in [6, 6.07) is 0.454. The normalized spacial score (nSPS) is 27.6. The van der Waals surface area contributed by atoms with Crippen LogP contribution in [0.2, 0.25) is 0 Å². The highest BCUT2D eigenvalue weighted by Gasteiger charge is 2.21. The zero-order valence-corrected chi connectivity index (χ0v) is 6.22. The van der Waals surface area contributed by atoms with Gasteiger partial charge in [0.15, 0.2) is 0 Å². The van der Waals surface area contributed by atoms with E-state index in [1.807, 2.05) is 0 Å². The lowest BCUT2D eigenvalue weighted by Gasteiger charge is -2.20. The molecule has 10 heavy (non-hydrogen) atoms. The molecule has 1 fully saturated rings. The summed E-state index contributed by atoms with van der Waals surface area (Å²) in [5.41, 5.74) is 5.49. The fourth-order valence-electron chi connectivity index (χ4n) is 1.57. The van der Waals surface area contributed by atoms with Gasteiger partial charge < -0.3 is 5.73 Å². The van der Waals surface area contributed by atoms with Crippen LogP contribution in [0, 0.1) is 0 Å². The van der Waals surface area contributed by atoms with E-state index in [2.05, 4.69) is 4.90 Å². The molecule has 0 aromatic carbocycles. The van der Waals surface area contributed by atoms with Crippen molar-refractivity contribution in [3.05, 3.63) is 0 Å². The SMILES string of the molecule is NC[C@@H]1CCCN1CCF. The first-order valence-corrected chi connectivity index (χ1v) is 3.88. The minimum atomic E-state index is -0.240. The number of nitrogens with zero attached hydrogens (tertiary/aromatic N) is 1. The summed E-state index contributed by atoms with van der Waals surface area (Å²) in [4.78, 5) is 2.14. The van der Waals surface area contributed by atoms with Gasteiger partial charge in [-0.1, -0.05) is 0 Å². The maximum atomic E-state index is 11.9. The van der Waals surface area contributed by atoms with Crippen LogP contribution in [-0.4, -0.2) is 37.3 Å². The number of alkyl halides is 1. The minimum absolute atomic E-state index is 0.240. The van der Waals surface area contributed by atoms with Gasteiger partial charge in [0, 0.05) is 19.1 Å². The molecule has 1 heterocycles. The molecule has 2 nitrogen and oxygen atoms in total. The Morgan fingerprint density at radius 3 is 3.00 bits per heavy atom. The van der Waals surface area contributed by atoms with Gasteiger partial charge in [-0.15, -0.1) is 0 Å². The number of hydrogen-bond donors (Lipinski definition) is 1. The Morgan fingerprint density at radius 1 is 1.60 bits per heavy atom. The Bertz CT molecular complexity index is 97.6. The highest BCUT2D eigenvalue weighted by Crippen LogP contribution is 2.14. The summed E-state index contributed by atoms with van der Waals surface area (Å²) < 4.78 is 11.9. The Labute approximate surface area is 61.2 Å². The molecule has 1 atom stereocenters. The molecule has 3 heteroatoms. The van der Waals surface area contributed by atoms with Crippen LogP contribution in [0.15, 0.2) is 0 Å². The predicted octanol–water partition coefficient (Wildman–Crippen LogP) is 0.379. The van der Waals surface area contributed by atoms with Crippen LogP contribution in [0.25, 0.3) is 0 Å². The molecule has 0 spiro atoms. The van der Waals surface area contributed by atoms with E-state index < -0.39 is 0 Å². The molecule has 1 rings (SSSR count). The molecular formula is C7H15FN2. The van der Waals surface area contributed by atoms with Crippen molar-refractivity contribution in [2.45, 2.75) is 18.9 Å². The highest BCUT2D eigenvalue weighted by atomic mass is 19.1. The number of nitrogens with two attached hydrogens (primary N) is 1. The van der Waals surface area contributed by atoms with Crippen molar-refractivity contribution < 1.29 is 4.39 Å². The first kappa shape index (κ1) is 7.95. The van der Waals surface area contributed by atoms with E-state index in [1.54, 1.807) is 0 Å². The van der Waals surface area contributed by atoms with Gasteiger partial charge in [-0.05, 0) is 19.4 Å². The van der Waals surface area contributed by atoms with Crippen molar-refractivity contribution in [3.8, 4) is 0 Å². The van der Waals surface area contributed by atoms with Gasteiger partial charge in [-0.3, -0.25) is 4.90 Å². The fourth-order valence-corrected chi connectivity index (χ4v) is 1.57. The van der Waals surface area contributed by atoms with Crippen molar-refractivity contribution in [2.24, 2.45) is 5.73 Å². The van der Waals surface area contributed by atoms with Crippen LogP contribution in [0.4, 0.5) is 4.39 Å². The molecule has 1 aliphatic rings. The molecule has 0 aliphatic carbocycles. The van der Waals surface area contributed by atoms with E-state index in [0.717, 1.165) is 13.0 Å². The maximum Gasteiger partial charge on any atom is 0.102 e. The Morgan fingerprint density at radius 2 is 2.40 bits per heavy atom. The number of likely N-dealkylation sites (tertiary alicyclic amines) is 1. The summed E-state index contributed by atoms with van der Waals surface area (Å²) >= 11 is 0. The van der Waals surface area contributed by atoms with E-state index >= 15 is 0 Å². The van der Waals surface area contributed by atoms with Gasteiger partial charge in [0.2, 0.25) is 0 Å². The lowest BCUT2D eigenvalue weighted by atomic mass is 10.2. The topological polar surface area (TPSA) is 29.3 Å². The summed E-state index contributed by atoms with van der Waals surface area (Å²) in [6.45, 7) is 2.05. The molecule has 60 valence electrons. The highest BCUT2D eigenvalue weighted by molar-refractivity contribution is 4.79. The second-order valence-corrected chi connectivity index (χ2v) is 2.76. The first-order chi connectivity index (χ1) is 4.88. The average Bonchev–Trinajstić information content (AvgIpc) is 2.36. The van der Waals surface area contributed by atoms with Crippen LogP contribution < -0.4 is 5.73 Å². The lowest BCUT2D eigenvalue weighted by Crippen LogP contribution is -2.36. The molecule has 0 bridgehead atoms. The lowest BCUT2D eigenvalue weighted by molar-refractivity contribution is 0.235. The van der Waals surface area contributed by atoms with Crippen molar-refractivity contribution in [3.63, 3.8) is 0 Å². The predicted molar refractivity (Wildman–Crippen MR) is 39.6 cm³/mol. The molecule has 0 saturated carbocycles. The van der Waals surface area contributed by atoms with Crippen molar-refractivity contribution in [2.75, 3.05) is 26.3 Å². The number of hydrogen-bond acceptors (Lipinski definition) is 2. The molecule has 1 saturated heterocycles. The van der Waals surface area contributed by atoms with Crippen LogP contribution in [0.5, 0.6) is 0 Å². The number of halogens is 1. The van der Waals surface area contributed by atoms with E-state index in [-0.39, 0.29) is 6.67 Å². The molecule has 0 unspecified atom stereocenters. The Kier molecular flexibility index (Phi) is 3.09. The molecule has 1 aliphatic heterocycles. The van der Waals surface area contributed by atoms with E-state index in [4.69, 9.17) is 5.73 Å². The largest absolute Gasteiger partial charge is 0.329 e. The van der Waals surface area contributed by atoms with Crippen molar-refractivity contribution in [1.29, 1.82) is 0 Å². The quantitative estimate of drug-likeness (QED) is 0.623. The third kappa shape index (κ3) is 1.67. The summed E-state index contributed by atoms with van der Waals surface area (Å²) in [7, 11) is 0. The van der Waals surface area contributed by atoms with Crippen molar-refractivity contribution >= 4 is 0 Å². The second-order valence-electron chi connectivity index (χ2n) is 2.76. The monoisotopic (exact) mass is 146 g/mol. The van der Waals surface area contributed by atoms with Gasteiger partial charge in [0.25, 0.3) is 0 Å². The second kappa shape index (κ2) is 3.88. The third-order valence-electron chi connectivity index (χ3n) is 2.14. The van der Waals surface area contributed by atoms with Crippen LogP contribution in [0.1, 0.15) is 12.8 Å². The van der Waals surface area contributed by atoms with Crippen LogP contribution >= 0.6 is 0 Å². The molecule has 0 amide bonds. The summed E-state index contributed by atoms with van der Waals surface area (Å²) in [6.07, 6.45) is 2.33. The molecule has 0 aromatic heterocycles. The minimum Gasteiger partial charge on any atom is -0.329 e. The zero-order valence-electron chi connectivity index (χ0n) is 6.22. The van der Waals surface area contributed by atoms with Crippen LogP contribution in [-0.2, 0) is 0 Å².